The molecule has 1 atom stereocenters. The first-order valence-electron chi connectivity index (χ1n) is 7.71. The maximum Gasteiger partial charge on any atom is 0.223 e. The molecule has 0 saturated carbocycles. The number of amides is 1. The van der Waals surface area contributed by atoms with Crippen LogP contribution in [0.25, 0.3) is 0 Å². The van der Waals surface area contributed by atoms with Crippen LogP contribution in [-0.2, 0) is 4.79 Å². The summed E-state index contributed by atoms with van der Waals surface area (Å²) in [6.07, 6.45) is 1.84. The van der Waals surface area contributed by atoms with Crippen molar-refractivity contribution in [3.05, 3.63) is 29.3 Å². The first-order valence-corrected chi connectivity index (χ1v) is 8.09. The smallest absolute Gasteiger partial charge is 0.223 e. The third kappa shape index (κ3) is 3.69. The van der Waals surface area contributed by atoms with Gasteiger partial charge in [-0.25, -0.2) is 0 Å². The van der Waals surface area contributed by atoms with Crippen molar-refractivity contribution in [1.29, 1.82) is 0 Å². The molecule has 2 aliphatic rings. The van der Waals surface area contributed by atoms with Gasteiger partial charge >= 0.3 is 0 Å². The Morgan fingerprint density at radius 2 is 1.90 bits per heavy atom. The lowest BCUT2D eigenvalue weighted by molar-refractivity contribution is -0.132. The van der Waals surface area contributed by atoms with E-state index >= 15 is 0 Å². The third-order valence-corrected chi connectivity index (χ3v) is 4.70. The minimum atomic E-state index is 0.319. The molecule has 1 aromatic rings. The Morgan fingerprint density at radius 3 is 2.52 bits per heavy atom. The van der Waals surface area contributed by atoms with Crippen LogP contribution in [0.2, 0.25) is 5.02 Å². The van der Waals surface area contributed by atoms with Crippen LogP contribution in [-0.4, -0.2) is 50.1 Å². The van der Waals surface area contributed by atoms with Crippen LogP contribution >= 0.6 is 11.6 Å². The second-order valence-corrected chi connectivity index (χ2v) is 6.34. The highest BCUT2D eigenvalue weighted by Gasteiger charge is 2.25. The Labute approximate surface area is 131 Å². The average Bonchev–Trinajstić information content (AvgIpc) is 3.01. The van der Waals surface area contributed by atoms with Crippen molar-refractivity contribution < 1.29 is 4.79 Å². The summed E-state index contributed by atoms with van der Waals surface area (Å²) < 4.78 is 0. The van der Waals surface area contributed by atoms with Crippen molar-refractivity contribution in [3.8, 4) is 0 Å². The van der Waals surface area contributed by atoms with E-state index in [1.165, 1.54) is 5.69 Å². The maximum absolute atomic E-state index is 12.3. The molecular formula is C16H22ClN3O. The van der Waals surface area contributed by atoms with Gasteiger partial charge < -0.3 is 15.1 Å². The molecule has 1 unspecified atom stereocenters. The standard InChI is InChI=1S/C16H22ClN3O/c17-14-1-3-15(4-2-14)19-7-9-20(10-8-19)16(21)11-13-5-6-18-12-13/h1-4,13,18H,5-12H2. The van der Waals surface area contributed by atoms with E-state index in [0.29, 0.717) is 18.2 Å². The number of carbonyl (C=O) groups is 1. The summed E-state index contributed by atoms with van der Waals surface area (Å²) in [6, 6.07) is 7.93. The molecule has 21 heavy (non-hydrogen) atoms. The highest BCUT2D eigenvalue weighted by Crippen LogP contribution is 2.20. The number of carbonyl (C=O) groups excluding carboxylic acids is 1. The number of halogens is 1. The SMILES string of the molecule is O=C(CC1CCNC1)N1CCN(c2ccc(Cl)cc2)CC1. The van der Waals surface area contributed by atoms with Crippen LogP contribution in [0.3, 0.4) is 0 Å². The molecule has 0 aliphatic carbocycles. The summed E-state index contributed by atoms with van der Waals surface area (Å²) in [5, 5.41) is 4.09. The molecule has 2 heterocycles. The van der Waals surface area contributed by atoms with E-state index in [0.717, 1.165) is 50.7 Å². The summed E-state index contributed by atoms with van der Waals surface area (Å²) in [5.41, 5.74) is 1.19. The molecule has 5 heteroatoms. The molecule has 0 spiro atoms. The molecular weight excluding hydrogens is 286 g/mol. The van der Waals surface area contributed by atoms with Gasteiger partial charge in [-0.05, 0) is 49.7 Å². The fraction of sp³-hybridized carbons (Fsp3) is 0.562. The summed E-state index contributed by atoms with van der Waals surface area (Å²) in [7, 11) is 0. The van der Waals surface area contributed by atoms with Crippen LogP contribution in [0.15, 0.2) is 24.3 Å². The first kappa shape index (κ1) is 14.7. The van der Waals surface area contributed by atoms with E-state index in [-0.39, 0.29) is 0 Å². The van der Waals surface area contributed by atoms with E-state index in [9.17, 15) is 4.79 Å². The fourth-order valence-corrected chi connectivity index (χ4v) is 3.26. The largest absolute Gasteiger partial charge is 0.368 e. The number of hydrogen-bond donors (Lipinski definition) is 1. The van der Waals surface area contributed by atoms with E-state index in [4.69, 9.17) is 11.6 Å². The lowest BCUT2D eigenvalue weighted by Gasteiger charge is -2.36. The zero-order valence-electron chi connectivity index (χ0n) is 12.2. The van der Waals surface area contributed by atoms with Gasteiger partial charge in [-0.15, -0.1) is 0 Å². The lowest BCUT2D eigenvalue weighted by atomic mass is 10.0. The average molecular weight is 308 g/mol. The predicted octanol–water partition coefficient (Wildman–Crippen LogP) is 1.99. The Hall–Kier alpha value is -1.26. The van der Waals surface area contributed by atoms with Crippen LogP contribution in [0.5, 0.6) is 0 Å². The molecule has 1 N–H and O–H groups in total. The normalized spacial score (nSPS) is 22.6. The van der Waals surface area contributed by atoms with Crippen molar-refractivity contribution in [3.63, 3.8) is 0 Å². The summed E-state index contributed by atoms with van der Waals surface area (Å²) in [4.78, 5) is 16.6. The van der Waals surface area contributed by atoms with Gasteiger partial charge in [-0.3, -0.25) is 4.79 Å². The van der Waals surface area contributed by atoms with E-state index in [2.05, 4.69) is 10.2 Å². The number of rotatable bonds is 3. The molecule has 3 rings (SSSR count). The van der Waals surface area contributed by atoms with Crippen molar-refractivity contribution in [2.24, 2.45) is 5.92 Å². The first-order chi connectivity index (χ1) is 10.2. The molecule has 0 radical (unpaired) electrons. The lowest BCUT2D eigenvalue weighted by Crippen LogP contribution is -2.49. The zero-order valence-corrected chi connectivity index (χ0v) is 13.0. The van der Waals surface area contributed by atoms with Crippen molar-refractivity contribution in [2.45, 2.75) is 12.8 Å². The Balaban J connectivity index is 1.50. The Bertz CT molecular complexity index is 477. The van der Waals surface area contributed by atoms with Gasteiger partial charge in [0.15, 0.2) is 0 Å². The van der Waals surface area contributed by atoms with Crippen molar-refractivity contribution in [1.82, 2.24) is 10.2 Å². The van der Waals surface area contributed by atoms with Crippen molar-refractivity contribution >= 4 is 23.2 Å². The highest BCUT2D eigenvalue weighted by molar-refractivity contribution is 6.30. The number of nitrogens with one attached hydrogen (secondary N) is 1. The number of hydrogen-bond acceptors (Lipinski definition) is 3. The van der Waals surface area contributed by atoms with Crippen LogP contribution in [0.4, 0.5) is 5.69 Å². The van der Waals surface area contributed by atoms with E-state index < -0.39 is 0 Å². The quantitative estimate of drug-likeness (QED) is 0.927. The topological polar surface area (TPSA) is 35.6 Å². The summed E-state index contributed by atoms with van der Waals surface area (Å²) in [6.45, 7) is 5.49. The highest BCUT2D eigenvalue weighted by atomic mass is 35.5. The Kier molecular flexibility index (Phi) is 4.66. The van der Waals surface area contributed by atoms with Gasteiger partial charge in [-0.1, -0.05) is 11.6 Å². The predicted molar refractivity (Wildman–Crippen MR) is 85.8 cm³/mol. The summed E-state index contributed by atoms with van der Waals surface area (Å²) >= 11 is 5.92. The number of benzene rings is 1. The second kappa shape index (κ2) is 6.67. The van der Waals surface area contributed by atoms with Crippen LogP contribution in [0.1, 0.15) is 12.8 Å². The monoisotopic (exact) mass is 307 g/mol. The third-order valence-electron chi connectivity index (χ3n) is 4.45. The Morgan fingerprint density at radius 1 is 1.19 bits per heavy atom. The van der Waals surface area contributed by atoms with Crippen molar-refractivity contribution in [2.75, 3.05) is 44.2 Å². The molecule has 2 fully saturated rings. The molecule has 2 saturated heterocycles. The number of anilines is 1. The minimum absolute atomic E-state index is 0.319. The minimum Gasteiger partial charge on any atom is -0.368 e. The second-order valence-electron chi connectivity index (χ2n) is 5.91. The molecule has 4 nitrogen and oxygen atoms in total. The van der Waals surface area contributed by atoms with Gasteiger partial charge in [0, 0.05) is 43.3 Å². The van der Waals surface area contributed by atoms with Crippen LogP contribution in [0, 0.1) is 5.92 Å². The number of nitrogens with zero attached hydrogens (tertiary/aromatic N) is 2. The van der Waals surface area contributed by atoms with E-state index in [1.54, 1.807) is 0 Å². The van der Waals surface area contributed by atoms with E-state index in [1.807, 2.05) is 29.2 Å². The molecule has 0 bridgehead atoms. The fourth-order valence-electron chi connectivity index (χ4n) is 3.13. The van der Waals surface area contributed by atoms with Gasteiger partial charge in [0.1, 0.15) is 0 Å². The molecule has 1 amide bonds. The molecule has 0 aromatic heterocycles. The van der Waals surface area contributed by atoms with Gasteiger partial charge in [0.05, 0.1) is 0 Å². The maximum atomic E-state index is 12.3. The van der Waals surface area contributed by atoms with Crippen LogP contribution < -0.4 is 10.2 Å². The van der Waals surface area contributed by atoms with Gasteiger partial charge in [0.25, 0.3) is 0 Å². The molecule has 1 aromatic carbocycles. The molecule has 114 valence electrons. The van der Waals surface area contributed by atoms with Gasteiger partial charge in [0.2, 0.25) is 5.91 Å². The summed E-state index contributed by atoms with van der Waals surface area (Å²) in [5.74, 6) is 0.853. The zero-order chi connectivity index (χ0) is 14.7. The molecule has 2 aliphatic heterocycles. The van der Waals surface area contributed by atoms with Gasteiger partial charge in [-0.2, -0.15) is 0 Å². The number of piperazine rings is 1.